The molecule has 0 fully saturated rings. The lowest BCUT2D eigenvalue weighted by molar-refractivity contribution is -0.116. The molecule has 0 aliphatic rings. The second-order valence-electron chi connectivity index (χ2n) is 7.20. The van der Waals surface area contributed by atoms with Crippen LogP contribution in [0.2, 0.25) is 0 Å². The van der Waals surface area contributed by atoms with Gasteiger partial charge in [0.25, 0.3) is 0 Å². The highest BCUT2D eigenvalue weighted by Crippen LogP contribution is 2.11. The quantitative estimate of drug-likeness (QED) is 0.533. The Morgan fingerprint density at radius 1 is 0.967 bits per heavy atom. The van der Waals surface area contributed by atoms with E-state index in [2.05, 4.69) is 15.4 Å². The standard InChI is InChI=1S/C22H27N3O4S/c1-16(2)25-30(28,29)15-20-6-4-19(5-7-20)14-23-22(27)13-10-18-8-11-21(12-9-18)24-17(3)26/h4-13,16,25H,14-15H2,1-3H3,(H,23,27)(H,24,26)/b13-10+. The first-order chi connectivity index (χ1) is 14.1. The minimum absolute atomic E-state index is 0.0821. The summed E-state index contributed by atoms with van der Waals surface area (Å²) in [5.74, 6) is -0.463. The smallest absolute Gasteiger partial charge is 0.244 e. The largest absolute Gasteiger partial charge is 0.348 e. The summed E-state index contributed by atoms with van der Waals surface area (Å²) < 4.78 is 26.5. The Morgan fingerprint density at radius 2 is 1.57 bits per heavy atom. The van der Waals surface area contributed by atoms with Crippen molar-refractivity contribution in [3.8, 4) is 0 Å². The van der Waals surface area contributed by atoms with Crippen LogP contribution in [0.25, 0.3) is 6.08 Å². The zero-order chi connectivity index (χ0) is 22.1. The monoisotopic (exact) mass is 429 g/mol. The van der Waals surface area contributed by atoms with Crippen LogP contribution in [-0.2, 0) is 31.9 Å². The molecule has 160 valence electrons. The maximum atomic E-state index is 12.0. The fourth-order valence-electron chi connectivity index (χ4n) is 2.67. The molecule has 0 spiro atoms. The number of benzene rings is 2. The molecule has 0 aliphatic carbocycles. The van der Waals surface area contributed by atoms with Gasteiger partial charge in [-0.15, -0.1) is 0 Å². The maximum absolute atomic E-state index is 12.0. The number of hydrogen-bond acceptors (Lipinski definition) is 4. The van der Waals surface area contributed by atoms with Gasteiger partial charge >= 0.3 is 0 Å². The third kappa shape index (κ3) is 8.59. The first-order valence-corrected chi connectivity index (χ1v) is 11.2. The SMILES string of the molecule is CC(=O)Nc1ccc(/C=C/C(=O)NCc2ccc(CS(=O)(=O)NC(C)C)cc2)cc1. The van der Waals surface area contributed by atoms with Gasteiger partial charge in [0.2, 0.25) is 21.8 Å². The van der Waals surface area contributed by atoms with Crippen molar-refractivity contribution in [2.45, 2.75) is 39.1 Å². The number of nitrogens with one attached hydrogen (secondary N) is 3. The molecule has 2 aromatic rings. The molecule has 0 heterocycles. The highest BCUT2D eigenvalue weighted by Gasteiger charge is 2.12. The summed E-state index contributed by atoms with van der Waals surface area (Å²) in [5.41, 5.74) is 3.08. The molecule has 0 aliphatic heterocycles. The van der Waals surface area contributed by atoms with Crippen LogP contribution in [0.5, 0.6) is 0 Å². The van der Waals surface area contributed by atoms with Crippen LogP contribution in [0, 0.1) is 0 Å². The molecule has 0 radical (unpaired) electrons. The predicted octanol–water partition coefficient (Wildman–Crippen LogP) is 2.80. The van der Waals surface area contributed by atoms with Crippen molar-refractivity contribution in [2.75, 3.05) is 5.32 Å². The van der Waals surface area contributed by atoms with Crippen LogP contribution >= 0.6 is 0 Å². The number of carbonyl (C=O) groups excluding carboxylic acids is 2. The van der Waals surface area contributed by atoms with Crippen LogP contribution in [0.3, 0.4) is 0 Å². The van der Waals surface area contributed by atoms with Crippen LogP contribution in [0.4, 0.5) is 5.69 Å². The zero-order valence-corrected chi connectivity index (χ0v) is 18.1. The molecule has 2 amide bonds. The molecule has 3 N–H and O–H groups in total. The van der Waals surface area contributed by atoms with E-state index in [4.69, 9.17) is 0 Å². The van der Waals surface area contributed by atoms with E-state index in [9.17, 15) is 18.0 Å². The van der Waals surface area contributed by atoms with E-state index < -0.39 is 10.0 Å². The maximum Gasteiger partial charge on any atom is 0.244 e. The van der Waals surface area contributed by atoms with Crippen molar-refractivity contribution < 1.29 is 18.0 Å². The molecular weight excluding hydrogens is 402 g/mol. The average molecular weight is 430 g/mol. The van der Waals surface area contributed by atoms with Crippen molar-refractivity contribution in [3.05, 3.63) is 71.3 Å². The molecule has 0 aromatic heterocycles. The Labute approximate surface area is 177 Å². The number of hydrogen-bond donors (Lipinski definition) is 3. The van der Waals surface area contributed by atoms with Crippen LogP contribution < -0.4 is 15.4 Å². The van der Waals surface area contributed by atoms with E-state index >= 15 is 0 Å². The van der Waals surface area contributed by atoms with Gasteiger partial charge < -0.3 is 10.6 Å². The minimum atomic E-state index is -3.36. The van der Waals surface area contributed by atoms with Gasteiger partial charge in [-0.3, -0.25) is 9.59 Å². The Bertz CT molecular complexity index is 996. The molecule has 30 heavy (non-hydrogen) atoms. The second-order valence-corrected chi connectivity index (χ2v) is 8.96. The fraction of sp³-hybridized carbons (Fsp3) is 0.273. The Balaban J connectivity index is 1.84. The van der Waals surface area contributed by atoms with Crippen molar-refractivity contribution in [1.29, 1.82) is 0 Å². The lowest BCUT2D eigenvalue weighted by Crippen LogP contribution is -2.31. The highest BCUT2D eigenvalue weighted by atomic mass is 32.2. The van der Waals surface area contributed by atoms with Crippen LogP contribution in [0.1, 0.15) is 37.5 Å². The summed E-state index contributed by atoms with van der Waals surface area (Å²) in [6.07, 6.45) is 3.12. The normalized spacial score (nSPS) is 11.6. The van der Waals surface area contributed by atoms with E-state index in [1.807, 2.05) is 0 Å². The van der Waals surface area contributed by atoms with E-state index in [-0.39, 0.29) is 23.6 Å². The molecule has 2 aromatic carbocycles. The Morgan fingerprint density at radius 3 is 2.13 bits per heavy atom. The zero-order valence-electron chi connectivity index (χ0n) is 17.3. The van der Waals surface area contributed by atoms with Crippen LogP contribution in [0.15, 0.2) is 54.6 Å². The second kappa shape index (κ2) is 10.7. The van der Waals surface area contributed by atoms with Gasteiger partial charge in [0.15, 0.2) is 0 Å². The van der Waals surface area contributed by atoms with Gasteiger partial charge in [-0.2, -0.15) is 0 Å². The molecular formula is C22H27N3O4S. The summed E-state index contributed by atoms with van der Waals surface area (Å²) in [7, 11) is -3.36. The van der Waals surface area contributed by atoms with Gasteiger partial charge in [-0.05, 0) is 48.7 Å². The topological polar surface area (TPSA) is 104 Å². The molecule has 8 heteroatoms. The summed E-state index contributed by atoms with van der Waals surface area (Å²) >= 11 is 0. The Kier molecular flexibility index (Phi) is 8.32. The van der Waals surface area contributed by atoms with Crippen molar-refractivity contribution in [3.63, 3.8) is 0 Å². The van der Waals surface area contributed by atoms with E-state index in [0.717, 1.165) is 11.1 Å². The van der Waals surface area contributed by atoms with Gasteiger partial charge in [0.1, 0.15) is 0 Å². The predicted molar refractivity (Wildman–Crippen MR) is 119 cm³/mol. The molecule has 0 bridgehead atoms. The van der Waals surface area contributed by atoms with E-state index in [0.29, 0.717) is 17.8 Å². The summed E-state index contributed by atoms with van der Waals surface area (Å²) in [5, 5.41) is 5.47. The van der Waals surface area contributed by atoms with Gasteiger partial charge in [0.05, 0.1) is 5.75 Å². The molecule has 0 unspecified atom stereocenters. The average Bonchev–Trinajstić information content (AvgIpc) is 2.65. The van der Waals surface area contributed by atoms with Crippen molar-refractivity contribution in [2.24, 2.45) is 0 Å². The van der Waals surface area contributed by atoms with Crippen LogP contribution in [-0.4, -0.2) is 26.3 Å². The number of sulfonamides is 1. The molecule has 0 atom stereocenters. The summed E-state index contributed by atoms with van der Waals surface area (Å²) in [6.45, 7) is 5.33. The first kappa shape index (κ1) is 23.3. The molecule has 0 saturated carbocycles. The van der Waals surface area contributed by atoms with Gasteiger partial charge in [-0.25, -0.2) is 13.1 Å². The number of carbonyl (C=O) groups is 2. The molecule has 7 nitrogen and oxygen atoms in total. The Hall–Kier alpha value is -2.97. The molecule has 0 saturated heterocycles. The van der Waals surface area contributed by atoms with E-state index in [1.165, 1.54) is 13.0 Å². The first-order valence-electron chi connectivity index (χ1n) is 9.54. The number of amides is 2. The van der Waals surface area contributed by atoms with Gasteiger partial charge in [-0.1, -0.05) is 36.4 Å². The fourth-order valence-corrected chi connectivity index (χ4v) is 4.11. The summed E-state index contributed by atoms with van der Waals surface area (Å²) in [4.78, 5) is 23.0. The minimum Gasteiger partial charge on any atom is -0.348 e. The van der Waals surface area contributed by atoms with E-state index in [1.54, 1.807) is 68.5 Å². The lowest BCUT2D eigenvalue weighted by Gasteiger charge is -2.10. The number of rotatable bonds is 9. The summed E-state index contributed by atoms with van der Waals surface area (Å²) in [6, 6.07) is 14.1. The molecule has 2 rings (SSSR count). The van der Waals surface area contributed by atoms with Crippen molar-refractivity contribution in [1.82, 2.24) is 10.0 Å². The van der Waals surface area contributed by atoms with Gasteiger partial charge in [0, 0.05) is 31.3 Å². The highest BCUT2D eigenvalue weighted by molar-refractivity contribution is 7.88. The number of anilines is 1. The van der Waals surface area contributed by atoms with Crippen molar-refractivity contribution >= 4 is 33.6 Å². The third-order valence-electron chi connectivity index (χ3n) is 3.92. The third-order valence-corrected chi connectivity index (χ3v) is 5.46. The lowest BCUT2D eigenvalue weighted by atomic mass is 10.1.